The minimum atomic E-state index is -0.356. The van der Waals surface area contributed by atoms with Crippen molar-refractivity contribution < 1.29 is 13.9 Å². The predicted octanol–water partition coefficient (Wildman–Crippen LogP) is 3.35. The van der Waals surface area contributed by atoms with Gasteiger partial charge in [-0.15, -0.1) is 0 Å². The van der Waals surface area contributed by atoms with Crippen LogP contribution in [0, 0.1) is 13.8 Å². The molecule has 0 aliphatic carbocycles. The summed E-state index contributed by atoms with van der Waals surface area (Å²) in [5.74, 6) is 0.961. The van der Waals surface area contributed by atoms with Gasteiger partial charge >= 0.3 is 5.97 Å². The van der Waals surface area contributed by atoms with Crippen molar-refractivity contribution in [1.29, 1.82) is 0 Å². The Morgan fingerprint density at radius 3 is 2.41 bits per heavy atom. The van der Waals surface area contributed by atoms with Gasteiger partial charge in [-0.2, -0.15) is 0 Å². The number of hydrogen-bond acceptors (Lipinski definition) is 3. The molecule has 3 heteroatoms. The van der Waals surface area contributed by atoms with Gasteiger partial charge in [0, 0.05) is 11.1 Å². The van der Waals surface area contributed by atoms with Crippen LogP contribution < -0.4 is 0 Å². The van der Waals surface area contributed by atoms with Gasteiger partial charge in [-0.1, -0.05) is 30.3 Å². The van der Waals surface area contributed by atoms with Crippen LogP contribution in [0.2, 0.25) is 0 Å². The summed E-state index contributed by atoms with van der Waals surface area (Å²) in [6.45, 7) is 3.64. The van der Waals surface area contributed by atoms with Gasteiger partial charge in [0.25, 0.3) is 0 Å². The second kappa shape index (κ2) is 4.45. The largest absolute Gasteiger partial charge is 0.465 e. The second-order valence-corrected chi connectivity index (χ2v) is 3.84. The van der Waals surface area contributed by atoms with Crippen molar-refractivity contribution >= 4 is 5.97 Å². The van der Waals surface area contributed by atoms with Crippen molar-refractivity contribution in [2.24, 2.45) is 0 Å². The number of rotatable bonds is 2. The molecule has 2 rings (SSSR count). The molecule has 0 aliphatic heterocycles. The lowest BCUT2D eigenvalue weighted by Crippen LogP contribution is -2.03. The Hall–Kier alpha value is -2.03. The van der Waals surface area contributed by atoms with E-state index in [0.717, 1.165) is 16.9 Å². The quantitative estimate of drug-likeness (QED) is 0.743. The zero-order valence-electron chi connectivity index (χ0n) is 10.1. The lowest BCUT2D eigenvalue weighted by Gasteiger charge is -1.99. The van der Waals surface area contributed by atoms with Gasteiger partial charge in [-0.3, -0.25) is 0 Å². The third kappa shape index (κ3) is 1.96. The fraction of sp³-hybridized carbons (Fsp3) is 0.214. The van der Waals surface area contributed by atoms with Gasteiger partial charge < -0.3 is 9.15 Å². The summed E-state index contributed by atoms with van der Waals surface area (Å²) in [6, 6.07) is 9.71. The van der Waals surface area contributed by atoms with Crippen molar-refractivity contribution in [2.45, 2.75) is 13.8 Å². The molecule has 0 aliphatic rings. The van der Waals surface area contributed by atoms with Crippen molar-refractivity contribution in [1.82, 2.24) is 0 Å². The maximum absolute atomic E-state index is 11.6. The predicted molar refractivity (Wildman–Crippen MR) is 65.0 cm³/mol. The van der Waals surface area contributed by atoms with E-state index in [1.165, 1.54) is 7.11 Å². The molecule has 1 aromatic carbocycles. The molecule has 3 nitrogen and oxygen atoms in total. The first-order chi connectivity index (χ1) is 8.15. The van der Waals surface area contributed by atoms with Crippen LogP contribution in [0.5, 0.6) is 0 Å². The fourth-order valence-corrected chi connectivity index (χ4v) is 1.92. The molecular formula is C14H14O3. The van der Waals surface area contributed by atoms with E-state index in [1.54, 1.807) is 6.92 Å². The smallest absolute Gasteiger partial charge is 0.341 e. The van der Waals surface area contributed by atoms with Crippen LogP contribution in [0.3, 0.4) is 0 Å². The number of esters is 1. The molecule has 0 spiro atoms. The van der Waals surface area contributed by atoms with Crippen LogP contribution >= 0.6 is 0 Å². The summed E-state index contributed by atoms with van der Waals surface area (Å²) in [5, 5.41) is 0. The number of ether oxygens (including phenoxy) is 1. The molecular weight excluding hydrogens is 216 g/mol. The van der Waals surface area contributed by atoms with Gasteiger partial charge in [-0.05, 0) is 13.8 Å². The molecule has 0 atom stereocenters. The van der Waals surface area contributed by atoms with Crippen LogP contribution in [-0.2, 0) is 4.74 Å². The maximum Gasteiger partial charge on any atom is 0.341 e. The molecule has 1 aromatic heterocycles. The first-order valence-corrected chi connectivity index (χ1v) is 5.39. The molecule has 0 amide bonds. The third-order valence-corrected chi connectivity index (χ3v) is 2.75. The Morgan fingerprint density at radius 1 is 1.18 bits per heavy atom. The molecule has 0 radical (unpaired) electrons. The first kappa shape index (κ1) is 11.5. The van der Waals surface area contributed by atoms with Gasteiger partial charge in [-0.25, -0.2) is 4.79 Å². The Morgan fingerprint density at radius 2 is 1.82 bits per heavy atom. The lowest BCUT2D eigenvalue weighted by molar-refractivity contribution is 0.0598. The average Bonchev–Trinajstić information content (AvgIpc) is 2.65. The maximum atomic E-state index is 11.6. The summed E-state index contributed by atoms with van der Waals surface area (Å²) < 4.78 is 10.4. The van der Waals surface area contributed by atoms with Crippen molar-refractivity contribution in [3.63, 3.8) is 0 Å². The molecule has 0 N–H and O–H groups in total. The SMILES string of the molecule is COC(=O)c1c(C)oc(-c2ccccc2)c1C. The molecule has 1 heterocycles. The van der Waals surface area contributed by atoms with E-state index in [9.17, 15) is 4.79 Å². The summed E-state index contributed by atoms with van der Waals surface area (Å²) in [4.78, 5) is 11.6. The number of methoxy groups -OCH3 is 1. The Labute approximate surface area is 100 Å². The molecule has 88 valence electrons. The summed E-state index contributed by atoms with van der Waals surface area (Å²) in [6.07, 6.45) is 0. The fourth-order valence-electron chi connectivity index (χ4n) is 1.92. The number of furan rings is 1. The Balaban J connectivity index is 2.56. The van der Waals surface area contributed by atoms with Gasteiger partial charge in [0.05, 0.1) is 7.11 Å². The van der Waals surface area contributed by atoms with Gasteiger partial charge in [0.1, 0.15) is 17.1 Å². The highest BCUT2D eigenvalue weighted by atomic mass is 16.5. The van der Waals surface area contributed by atoms with Crippen molar-refractivity contribution in [3.05, 3.63) is 47.2 Å². The van der Waals surface area contributed by atoms with E-state index in [2.05, 4.69) is 0 Å². The van der Waals surface area contributed by atoms with Crippen LogP contribution in [0.15, 0.2) is 34.7 Å². The van der Waals surface area contributed by atoms with Gasteiger partial charge in [0.15, 0.2) is 0 Å². The Bertz CT molecular complexity index is 538. The third-order valence-electron chi connectivity index (χ3n) is 2.75. The monoisotopic (exact) mass is 230 g/mol. The second-order valence-electron chi connectivity index (χ2n) is 3.84. The minimum Gasteiger partial charge on any atom is -0.465 e. The molecule has 0 bridgehead atoms. The molecule has 0 saturated heterocycles. The highest BCUT2D eigenvalue weighted by Crippen LogP contribution is 2.30. The highest BCUT2D eigenvalue weighted by molar-refractivity contribution is 5.94. The summed E-state index contributed by atoms with van der Waals surface area (Å²) >= 11 is 0. The van der Waals surface area contributed by atoms with Crippen molar-refractivity contribution in [2.75, 3.05) is 7.11 Å². The standard InChI is InChI=1S/C14H14O3/c1-9-12(14(15)16-3)10(2)17-13(9)11-7-5-4-6-8-11/h4-8H,1-3H3. The number of carbonyl (C=O) groups excluding carboxylic acids is 1. The average molecular weight is 230 g/mol. The Kier molecular flexibility index (Phi) is 3.00. The highest BCUT2D eigenvalue weighted by Gasteiger charge is 2.21. The number of aryl methyl sites for hydroxylation is 1. The first-order valence-electron chi connectivity index (χ1n) is 5.39. The molecule has 17 heavy (non-hydrogen) atoms. The molecule has 0 fully saturated rings. The van der Waals surface area contributed by atoms with Crippen LogP contribution in [0.4, 0.5) is 0 Å². The van der Waals surface area contributed by atoms with E-state index < -0.39 is 0 Å². The number of benzene rings is 1. The molecule has 0 unspecified atom stereocenters. The van der Waals surface area contributed by atoms with E-state index in [4.69, 9.17) is 9.15 Å². The van der Waals surface area contributed by atoms with E-state index in [0.29, 0.717) is 11.3 Å². The van der Waals surface area contributed by atoms with Crippen LogP contribution in [0.1, 0.15) is 21.7 Å². The molecule has 0 saturated carbocycles. The zero-order chi connectivity index (χ0) is 12.4. The summed E-state index contributed by atoms with van der Waals surface area (Å²) in [5.41, 5.74) is 2.30. The van der Waals surface area contributed by atoms with E-state index in [1.807, 2.05) is 37.3 Å². The van der Waals surface area contributed by atoms with Gasteiger partial charge in [0.2, 0.25) is 0 Å². The minimum absolute atomic E-state index is 0.356. The van der Waals surface area contributed by atoms with E-state index in [-0.39, 0.29) is 5.97 Å². The van der Waals surface area contributed by atoms with E-state index >= 15 is 0 Å². The van der Waals surface area contributed by atoms with Crippen LogP contribution in [0.25, 0.3) is 11.3 Å². The number of hydrogen-bond donors (Lipinski definition) is 0. The van der Waals surface area contributed by atoms with Crippen LogP contribution in [-0.4, -0.2) is 13.1 Å². The lowest BCUT2D eigenvalue weighted by atomic mass is 10.1. The van der Waals surface area contributed by atoms with Crippen molar-refractivity contribution in [3.8, 4) is 11.3 Å². The summed E-state index contributed by atoms with van der Waals surface area (Å²) in [7, 11) is 1.37. The topological polar surface area (TPSA) is 39.4 Å². The molecule has 2 aromatic rings. The zero-order valence-corrected chi connectivity index (χ0v) is 10.1. The normalized spacial score (nSPS) is 10.3. The number of carbonyl (C=O) groups is 1.